The second-order valence-corrected chi connectivity index (χ2v) is 8.26. The fourth-order valence-electron chi connectivity index (χ4n) is 3.94. The summed E-state index contributed by atoms with van der Waals surface area (Å²) in [5.74, 6) is 7.46. The predicted octanol–water partition coefficient (Wildman–Crippen LogP) is 8.04. The normalized spacial score (nSPS) is 10.6. The molecular formula is C31H30O. The van der Waals surface area contributed by atoms with Crippen molar-refractivity contribution in [3.8, 4) is 28.7 Å². The number of benzene rings is 4. The van der Waals surface area contributed by atoms with E-state index in [1.165, 1.54) is 54.2 Å². The van der Waals surface area contributed by atoms with Gasteiger partial charge in [-0.1, -0.05) is 86.6 Å². The maximum Gasteiger partial charge on any atom is 0.119 e. The van der Waals surface area contributed by atoms with Crippen LogP contribution in [0.25, 0.3) is 21.9 Å². The second-order valence-electron chi connectivity index (χ2n) is 8.26. The molecule has 32 heavy (non-hydrogen) atoms. The average molecular weight is 419 g/mol. The Kier molecular flexibility index (Phi) is 7.26. The van der Waals surface area contributed by atoms with Crippen LogP contribution in [0, 0.1) is 11.8 Å². The molecule has 0 saturated carbocycles. The Morgan fingerprint density at radius 2 is 1.25 bits per heavy atom. The lowest BCUT2D eigenvalue weighted by Gasteiger charge is -2.05. The summed E-state index contributed by atoms with van der Waals surface area (Å²) in [6, 6.07) is 29.9. The molecule has 0 aliphatic rings. The van der Waals surface area contributed by atoms with Gasteiger partial charge in [0.1, 0.15) is 5.75 Å². The lowest BCUT2D eigenvalue weighted by molar-refractivity contribution is 0.415. The van der Waals surface area contributed by atoms with Crippen molar-refractivity contribution < 1.29 is 4.74 Å². The SMILES string of the molecule is CCCCCCc1ccc(-c2ccc(C#Cc3ccc4cc(OC)ccc4c3)cc2)cc1. The Morgan fingerprint density at radius 3 is 1.97 bits per heavy atom. The number of hydrogen-bond donors (Lipinski definition) is 0. The van der Waals surface area contributed by atoms with Crippen LogP contribution in [-0.2, 0) is 6.42 Å². The molecule has 0 N–H and O–H groups in total. The lowest BCUT2D eigenvalue weighted by atomic mass is 10.00. The molecule has 0 unspecified atom stereocenters. The first-order valence-electron chi connectivity index (χ1n) is 11.5. The van der Waals surface area contributed by atoms with E-state index in [1.54, 1.807) is 7.11 Å². The Balaban J connectivity index is 1.42. The summed E-state index contributed by atoms with van der Waals surface area (Å²) in [5.41, 5.74) is 5.96. The van der Waals surface area contributed by atoms with Gasteiger partial charge in [0.2, 0.25) is 0 Å². The molecule has 1 nitrogen and oxygen atoms in total. The van der Waals surface area contributed by atoms with Crippen molar-refractivity contribution in [3.05, 3.63) is 102 Å². The lowest BCUT2D eigenvalue weighted by Crippen LogP contribution is -1.86. The maximum absolute atomic E-state index is 5.30. The summed E-state index contributed by atoms with van der Waals surface area (Å²) in [4.78, 5) is 0. The van der Waals surface area contributed by atoms with Gasteiger partial charge in [-0.15, -0.1) is 0 Å². The van der Waals surface area contributed by atoms with Crippen LogP contribution in [0.1, 0.15) is 49.3 Å². The summed E-state index contributed by atoms with van der Waals surface area (Å²) in [7, 11) is 1.69. The third-order valence-corrected chi connectivity index (χ3v) is 5.89. The van der Waals surface area contributed by atoms with Gasteiger partial charge >= 0.3 is 0 Å². The van der Waals surface area contributed by atoms with Crippen LogP contribution in [-0.4, -0.2) is 7.11 Å². The van der Waals surface area contributed by atoms with Gasteiger partial charge in [0, 0.05) is 11.1 Å². The van der Waals surface area contributed by atoms with Gasteiger partial charge in [-0.3, -0.25) is 0 Å². The minimum absolute atomic E-state index is 0.873. The van der Waals surface area contributed by atoms with Gasteiger partial charge in [-0.05, 0) is 76.7 Å². The van der Waals surface area contributed by atoms with Crippen LogP contribution in [0.2, 0.25) is 0 Å². The van der Waals surface area contributed by atoms with E-state index in [-0.39, 0.29) is 0 Å². The quantitative estimate of drug-likeness (QED) is 0.218. The summed E-state index contributed by atoms with van der Waals surface area (Å²) < 4.78 is 5.30. The van der Waals surface area contributed by atoms with Crippen molar-refractivity contribution >= 4 is 10.8 Å². The van der Waals surface area contributed by atoms with E-state index in [9.17, 15) is 0 Å². The summed E-state index contributed by atoms with van der Waals surface area (Å²) in [6.45, 7) is 2.26. The molecule has 0 saturated heterocycles. The molecule has 0 aliphatic carbocycles. The van der Waals surface area contributed by atoms with Crippen molar-refractivity contribution in [2.45, 2.75) is 39.0 Å². The summed E-state index contributed by atoms with van der Waals surface area (Å²) >= 11 is 0. The van der Waals surface area contributed by atoms with E-state index < -0.39 is 0 Å². The van der Waals surface area contributed by atoms with Crippen molar-refractivity contribution in [2.75, 3.05) is 7.11 Å². The highest BCUT2D eigenvalue weighted by atomic mass is 16.5. The van der Waals surface area contributed by atoms with E-state index in [0.29, 0.717) is 0 Å². The molecule has 4 aromatic rings. The number of rotatable bonds is 7. The molecule has 0 heterocycles. The molecule has 0 radical (unpaired) electrons. The zero-order chi connectivity index (χ0) is 22.2. The molecule has 0 spiro atoms. The summed E-state index contributed by atoms with van der Waals surface area (Å²) in [6.07, 6.45) is 6.42. The zero-order valence-electron chi connectivity index (χ0n) is 19.0. The minimum Gasteiger partial charge on any atom is -0.497 e. The van der Waals surface area contributed by atoms with Gasteiger partial charge < -0.3 is 4.74 Å². The number of ether oxygens (including phenoxy) is 1. The van der Waals surface area contributed by atoms with Crippen LogP contribution in [0.3, 0.4) is 0 Å². The molecule has 1 heteroatoms. The van der Waals surface area contributed by atoms with Crippen LogP contribution < -0.4 is 4.74 Å². The number of fused-ring (bicyclic) bond motifs is 1. The highest BCUT2D eigenvalue weighted by Gasteiger charge is 2.00. The molecule has 0 aromatic heterocycles. The van der Waals surface area contributed by atoms with E-state index >= 15 is 0 Å². The largest absolute Gasteiger partial charge is 0.497 e. The average Bonchev–Trinajstić information content (AvgIpc) is 2.85. The van der Waals surface area contributed by atoms with Gasteiger partial charge in [0.25, 0.3) is 0 Å². The molecule has 0 aliphatic heterocycles. The molecule has 160 valence electrons. The zero-order valence-corrected chi connectivity index (χ0v) is 19.0. The highest BCUT2D eigenvalue weighted by Crippen LogP contribution is 2.23. The minimum atomic E-state index is 0.873. The van der Waals surface area contributed by atoms with Crippen LogP contribution in [0.15, 0.2) is 84.9 Å². The smallest absolute Gasteiger partial charge is 0.119 e. The number of aryl methyl sites for hydroxylation is 1. The predicted molar refractivity (Wildman–Crippen MR) is 136 cm³/mol. The Morgan fingerprint density at radius 1 is 0.625 bits per heavy atom. The highest BCUT2D eigenvalue weighted by molar-refractivity contribution is 5.85. The molecule has 4 rings (SSSR count). The van der Waals surface area contributed by atoms with E-state index in [0.717, 1.165) is 22.3 Å². The van der Waals surface area contributed by atoms with Gasteiger partial charge in [0.15, 0.2) is 0 Å². The maximum atomic E-state index is 5.30. The standard InChI is InChI=1S/C31H30O/c1-3-4-5-6-7-24-10-15-27(16-11-24)28-17-12-25(13-18-28)8-9-26-14-19-30-23-31(32-2)21-20-29(30)22-26/h10-23H,3-7H2,1-2H3. The monoisotopic (exact) mass is 418 g/mol. The second kappa shape index (κ2) is 10.7. The first-order chi connectivity index (χ1) is 15.7. The Labute approximate surface area is 192 Å². The van der Waals surface area contributed by atoms with E-state index in [2.05, 4.69) is 91.6 Å². The number of methoxy groups -OCH3 is 1. The van der Waals surface area contributed by atoms with Crippen LogP contribution in [0.5, 0.6) is 5.75 Å². The molecular weight excluding hydrogens is 388 g/mol. The van der Waals surface area contributed by atoms with Crippen LogP contribution >= 0.6 is 0 Å². The van der Waals surface area contributed by atoms with Crippen molar-refractivity contribution in [2.24, 2.45) is 0 Å². The first kappa shape index (κ1) is 21.7. The van der Waals surface area contributed by atoms with E-state index in [4.69, 9.17) is 4.74 Å². The fourth-order valence-corrected chi connectivity index (χ4v) is 3.94. The van der Waals surface area contributed by atoms with Crippen LogP contribution in [0.4, 0.5) is 0 Å². The topological polar surface area (TPSA) is 9.23 Å². The van der Waals surface area contributed by atoms with Gasteiger partial charge in [-0.25, -0.2) is 0 Å². The molecule has 0 fully saturated rings. The van der Waals surface area contributed by atoms with Crippen molar-refractivity contribution in [3.63, 3.8) is 0 Å². The number of hydrogen-bond acceptors (Lipinski definition) is 1. The summed E-state index contributed by atoms with van der Waals surface area (Å²) in [5, 5.41) is 2.33. The third kappa shape index (κ3) is 5.59. The van der Waals surface area contributed by atoms with Crippen molar-refractivity contribution in [1.29, 1.82) is 0 Å². The van der Waals surface area contributed by atoms with Crippen molar-refractivity contribution in [1.82, 2.24) is 0 Å². The Hall–Kier alpha value is -3.50. The molecule has 0 atom stereocenters. The third-order valence-electron chi connectivity index (χ3n) is 5.89. The first-order valence-corrected chi connectivity index (χ1v) is 11.5. The number of unbranched alkanes of at least 4 members (excludes halogenated alkanes) is 3. The molecule has 0 bridgehead atoms. The molecule has 4 aromatic carbocycles. The van der Waals surface area contributed by atoms with Gasteiger partial charge in [-0.2, -0.15) is 0 Å². The Bertz CT molecular complexity index is 1220. The molecule has 0 amide bonds. The van der Waals surface area contributed by atoms with Gasteiger partial charge in [0.05, 0.1) is 7.11 Å². The van der Waals surface area contributed by atoms with E-state index in [1.807, 2.05) is 12.1 Å². The fraction of sp³-hybridized carbons (Fsp3) is 0.226.